The highest BCUT2D eigenvalue weighted by atomic mass is 32.2. The van der Waals surface area contributed by atoms with Gasteiger partial charge in [-0.15, -0.1) is 0 Å². The number of rotatable bonds is 12. The highest BCUT2D eigenvalue weighted by Crippen LogP contribution is 2.29. The number of carbonyl (C=O) groups excluding carboxylic acids is 1. The van der Waals surface area contributed by atoms with Gasteiger partial charge in [-0.3, -0.25) is 10.1 Å². The molecule has 10 nitrogen and oxygen atoms in total. The first-order chi connectivity index (χ1) is 17.7. The van der Waals surface area contributed by atoms with Crippen LogP contribution in [0.5, 0.6) is 17.2 Å². The molecule has 37 heavy (non-hydrogen) atoms. The predicted octanol–water partition coefficient (Wildman–Crippen LogP) is 4.04. The molecule has 1 N–H and O–H groups in total. The Hall–Kier alpha value is -3.95. The number of nitrogens with one attached hydrogen (secondary N) is 1. The molecule has 1 amide bonds. The third-order valence-electron chi connectivity index (χ3n) is 4.86. The molecule has 0 radical (unpaired) electrons. The second-order valence-electron chi connectivity index (χ2n) is 7.56. The first-order valence-electron chi connectivity index (χ1n) is 11.3. The second-order valence-corrected chi connectivity index (χ2v) is 10.5. The first kappa shape index (κ1) is 27.6. The third-order valence-corrected chi connectivity index (χ3v) is 7.11. The van der Waals surface area contributed by atoms with E-state index in [1.165, 1.54) is 13.0 Å². The number of anilines is 1. The third kappa shape index (κ3) is 7.77. The molecule has 194 valence electrons. The van der Waals surface area contributed by atoms with Crippen molar-refractivity contribution in [2.45, 2.75) is 25.9 Å². The number of nitriles is 1. The molecule has 0 aliphatic rings. The number of nitrogens with zero attached hydrogens (tertiary/aromatic N) is 3. The zero-order chi connectivity index (χ0) is 26.8. The van der Waals surface area contributed by atoms with Crippen molar-refractivity contribution >= 4 is 38.5 Å². The van der Waals surface area contributed by atoms with Crippen molar-refractivity contribution in [2.24, 2.45) is 0 Å². The summed E-state index contributed by atoms with van der Waals surface area (Å²) in [7, 11) is -3.60. The summed E-state index contributed by atoms with van der Waals surface area (Å²) in [6.45, 7) is 6.31. The van der Waals surface area contributed by atoms with Crippen LogP contribution in [0, 0.1) is 18.3 Å². The quantitative estimate of drug-likeness (QED) is 0.204. The molecule has 3 aromatic rings. The second kappa shape index (κ2) is 12.8. The van der Waals surface area contributed by atoms with Crippen molar-refractivity contribution < 1.29 is 27.4 Å². The van der Waals surface area contributed by atoms with E-state index in [2.05, 4.69) is 14.7 Å². The van der Waals surface area contributed by atoms with Crippen molar-refractivity contribution in [1.29, 1.82) is 5.26 Å². The Bertz CT molecular complexity index is 1410. The van der Waals surface area contributed by atoms with E-state index in [1.807, 2.05) is 44.2 Å². The van der Waals surface area contributed by atoms with Gasteiger partial charge in [-0.2, -0.15) is 14.6 Å². The molecule has 0 saturated heterocycles. The smallest absolute Gasteiger partial charge is 0.268 e. The lowest BCUT2D eigenvalue weighted by Crippen LogP contribution is -2.14. The molecule has 2 aromatic carbocycles. The molecule has 0 spiro atoms. The van der Waals surface area contributed by atoms with Crippen LogP contribution in [-0.2, 0) is 14.6 Å². The lowest BCUT2D eigenvalue weighted by atomic mass is 10.1. The van der Waals surface area contributed by atoms with Gasteiger partial charge in [0.25, 0.3) is 11.1 Å². The minimum absolute atomic E-state index is 0.0233. The Kier molecular flexibility index (Phi) is 9.59. The average molecular weight is 543 g/mol. The average Bonchev–Trinajstić information content (AvgIpc) is 3.36. The van der Waals surface area contributed by atoms with Gasteiger partial charge >= 0.3 is 0 Å². The molecule has 0 aliphatic heterocycles. The largest absolute Gasteiger partial charge is 0.490 e. The maximum absolute atomic E-state index is 12.6. The van der Waals surface area contributed by atoms with Crippen molar-refractivity contribution in [3.8, 4) is 23.3 Å². The topological polar surface area (TPSA) is 140 Å². The predicted molar refractivity (Wildman–Crippen MR) is 140 cm³/mol. The van der Waals surface area contributed by atoms with Crippen LogP contribution in [0.25, 0.3) is 6.08 Å². The van der Waals surface area contributed by atoms with Gasteiger partial charge in [-0.1, -0.05) is 30.7 Å². The van der Waals surface area contributed by atoms with Gasteiger partial charge < -0.3 is 14.2 Å². The van der Waals surface area contributed by atoms with E-state index < -0.39 is 15.7 Å². The molecule has 0 bridgehead atoms. The summed E-state index contributed by atoms with van der Waals surface area (Å²) in [4.78, 5) is 16.4. The van der Waals surface area contributed by atoms with Gasteiger partial charge in [-0.05, 0) is 49.8 Å². The fraction of sp³-hybridized carbons (Fsp3) is 0.280. The number of sulfone groups is 1. The van der Waals surface area contributed by atoms with Crippen LogP contribution in [0.1, 0.15) is 25.0 Å². The zero-order valence-electron chi connectivity index (χ0n) is 20.6. The summed E-state index contributed by atoms with van der Waals surface area (Å²) < 4.78 is 44.7. The number of amides is 1. The Morgan fingerprint density at radius 1 is 1.08 bits per heavy atom. The molecular formula is C25H26N4O6S2. The molecular weight excluding hydrogens is 516 g/mol. The number of carbonyl (C=O) groups is 1. The van der Waals surface area contributed by atoms with Crippen LogP contribution in [0.4, 0.5) is 5.13 Å². The summed E-state index contributed by atoms with van der Waals surface area (Å²) in [5.41, 5.74) is 1.47. The maximum Gasteiger partial charge on any atom is 0.268 e. The Morgan fingerprint density at radius 3 is 2.49 bits per heavy atom. The Balaban J connectivity index is 1.67. The van der Waals surface area contributed by atoms with E-state index in [0.29, 0.717) is 30.3 Å². The number of hydrogen-bond acceptors (Lipinski definition) is 10. The minimum Gasteiger partial charge on any atom is -0.490 e. The van der Waals surface area contributed by atoms with Crippen molar-refractivity contribution in [3.63, 3.8) is 0 Å². The first-order valence-corrected chi connectivity index (χ1v) is 13.8. The van der Waals surface area contributed by atoms with Crippen molar-refractivity contribution in [3.05, 3.63) is 59.2 Å². The van der Waals surface area contributed by atoms with Gasteiger partial charge in [0.05, 0.1) is 12.4 Å². The van der Waals surface area contributed by atoms with E-state index >= 15 is 0 Å². The highest BCUT2D eigenvalue weighted by Gasteiger charge is 2.20. The van der Waals surface area contributed by atoms with Crippen LogP contribution >= 0.6 is 11.5 Å². The Morgan fingerprint density at radius 2 is 1.81 bits per heavy atom. The molecule has 3 rings (SSSR count). The van der Waals surface area contributed by atoms with Crippen LogP contribution < -0.4 is 19.5 Å². The van der Waals surface area contributed by atoms with Crippen molar-refractivity contribution in [2.75, 3.05) is 30.9 Å². The van der Waals surface area contributed by atoms with E-state index in [0.717, 1.165) is 22.8 Å². The normalized spacial score (nSPS) is 11.5. The van der Waals surface area contributed by atoms with Crippen LogP contribution in [-0.4, -0.2) is 49.3 Å². The summed E-state index contributed by atoms with van der Waals surface area (Å²) in [6, 6.07) is 14.6. The van der Waals surface area contributed by atoms with E-state index in [9.17, 15) is 18.5 Å². The summed E-state index contributed by atoms with van der Waals surface area (Å²) in [6.07, 6.45) is 1.38. The molecule has 0 fully saturated rings. The summed E-state index contributed by atoms with van der Waals surface area (Å²) in [5.74, 6) is 0.780. The number of aryl methyl sites for hydroxylation is 1. The van der Waals surface area contributed by atoms with E-state index in [-0.39, 0.29) is 28.2 Å². The molecule has 1 aromatic heterocycles. The lowest BCUT2D eigenvalue weighted by molar-refractivity contribution is -0.112. The molecule has 1 heterocycles. The highest BCUT2D eigenvalue weighted by molar-refractivity contribution is 7.91. The monoisotopic (exact) mass is 542 g/mol. The molecule has 12 heteroatoms. The fourth-order valence-electron chi connectivity index (χ4n) is 2.94. The standard InChI is InChI=1S/C25H26N4O6S2/c1-4-33-22-15-18(8-11-21(22)35-13-12-34-20-9-6-17(3)7-10-20)14-19(16-26)23(30)27-24-28-25(29-36-24)37(31,32)5-2/h6-11,14-15H,4-5,12-13H2,1-3H3,(H,27,28,29,30). The number of ether oxygens (including phenoxy) is 3. The number of hydrogen-bond donors (Lipinski definition) is 1. The van der Waals surface area contributed by atoms with Gasteiger partial charge in [0.15, 0.2) is 11.5 Å². The van der Waals surface area contributed by atoms with Gasteiger partial charge in [0.1, 0.15) is 30.6 Å². The molecule has 0 saturated carbocycles. The zero-order valence-corrected chi connectivity index (χ0v) is 22.2. The fourth-order valence-corrected chi connectivity index (χ4v) is 4.53. The van der Waals surface area contributed by atoms with Gasteiger partial charge in [-0.25, -0.2) is 8.42 Å². The van der Waals surface area contributed by atoms with Crippen LogP contribution in [0.3, 0.4) is 0 Å². The molecule has 0 atom stereocenters. The molecule has 0 unspecified atom stereocenters. The van der Waals surface area contributed by atoms with Gasteiger partial charge in [0.2, 0.25) is 15.0 Å². The molecule has 0 aliphatic carbocycles. The Labute approximate surface area is 219 Å². The van der Waals surface area contributed by atoms with E-state index in [4.69, 9.17) is 14.2 Å². The maximum atomic E-state index is 12.6. The van der Waals surface area contributed by atoms with Crippen molar-refractivity contribution in [1.82, 2.24) is 9.36 Å². The van der Waals surface area contributed by atoms with Gasteiger partial charge in [0, 0.05) is 11.5 Å². The SMILES string of the molecule is CCOc1cc(C=C(C#N)C(=O)Nc2nc(S(=O)(=O)CC)ns2)ccc1OCCOc1ccc(C)cc1. The number of aromatic nitrogens is 2. The van der Waals surface area contributed by atoms with Crippen LogP contribution in [0.2, 0.25) is 0 Å². The van der Waals surface area contributed by atoms with E-state index in [1.54, 1.807) is 18.2 Å². The summed E-state index contributed by atoms with van der Waals surface area (Å²) >= 11 is 0.718. The summed E-state index contributed by atoms with van der Waals surface area (Å²) in [5, 5.41) is 11.5. The van der Waals surface area contributed by atoms with Crippen LogP contribution in [0.15, 0.2) is 53.2 Å². The minimum atomic E-state index is -3.60. The number of benzene rings is 2. The lowest BCUT2D eigenvalue weighted by Gasteiger charge is -2.13.